The second-order valence-electron chi connectivity index (χ2n) is 8.00. The highest BCUT2D eigenvalue weighted by Gasteiger charge is 2.27. The number of thioether (sulfide) groups is 1. The summed E-state index contributed by atoms with van der Waals surface area (Å²) in [5.41, 5.74) is 3.64. The van der Waals surface area contributed by atoms with Crippen molar-refractivity contribution in [2.75, 3.05) is 11.1 Å². The molecule has 2 atom stereocenters. The first-order valence-corrected chi connectivity index (χ1v) is 11.8. The lowest BCUT2D eigenvalue weighted by atomic mass is 9.90. The fourth-order valence-electron chi connectivity index (χ4n) is 3.98. The predicted molar refractivity (Wildman–Crippen MR) is 117 cm³/mol. The number of rotatable bonds is 5. The molecule has 0 bridgehead atoms. The first-order valence-electron chi connectivity index (χ1n) is 10.0. The van der Waals surface area contributed by atoms with Crippen LogP contribution in [0.4, 0.5) is 5.69 Å². The van der Waals surface area contributed by atoms with Crippen LogP contribution in [0.5, 0.6) is 0 Å². The molecule has 154 valence electrons. The van der Waals surface area contributed by atoms with E-state index in [4.69, 9.17) is 4.42 Å². The third-order valence-corrected chi connectivity index (χ3v) is 7.81. The van der Waals surface area contributed by atoms with Crippen LogP contribution in [0.2, 0.25) is 0 Å². The van der Waals surface area contributed by atoms with Crippen molar-refractivity contribution in [3.8, 4) is 10.8 Å². The Balaban J connectivity index is 1.26. The molecule has 3 heterocycles. The van der Waals surface area contributed by atoms with Crippen molar-refractivity contribution in [1.82, 2.24) is 10.2 Å². The van der Waals surface area contributed by atoms with Crippen LogP contribution in [0, 0.1) is 5.92 Å². The molecule has 8 heteroatoms. The summed E-state index contributed by atoms with van der Waals surface area (Å²) >= 11 is 2.97. The highest BCUT2D eigenvalue weighted by Crippen LogP contribution is 2.37. The van der Waals surface area contributed by atoms with Gasteiger partial charge in [0.05, 0.1) is 16.5 Å². The molecule has 0 radical (unpaired) electrons. The Morgan fingerprint density at radius 1 is 1.30 bits per heavy atom. The second kappa shape index (κ2) is 7.67. The molecule has 1 aliphatic heterocycles. The van der Waals surface area contributed by atoms with Crippen molar-refractivity contribution in [1.29, 1.82) is 0 Å². The summed E-state index contributed by atoms with van der Waals surface area (Å²) in [5, 5.41) is 11.5. The van der Waals surface area contributed by atoms with Crippen LogP contribution >= 0.6 is 23.1 Å². The molecular weight excluding hydrogens is 418 g/mol. The Bertz CT molecular complexity index is 1150. The summed E-state index contributed by atoms with van der Waals surface area (Å²) in [6.07, 6.45) is 3.45. The maximum Gasteiger partial charge on any atom is 0.277 e. The molecule has 0 saturated carbocycles. The number of hydrogen-bond donors (Lipinski definition) is 1. The SMILES string of the molecule is CC1CCc2sc(-c3nnc(SCC(=O)c4ccc5c(c4)C(C)C(=O)N5)o3)cc2C1. The third-order valence-electron chi connectivity index (χ3n) is 5.76. The van der Waals surface area contributed by atoms with Gasteiger partial charge in [-0.1, -0.05) is 18.7 Å². The highest BCUT2D eigenvalue weighted by atomic mass is 32.2. The van der Waals surface area contributed by atoms with Crippen molar-refractivity contribution in [3.05, 3.63) is 45.8 Å². The Hall–Kier alpha value is -2.45. The fraction of sp³-hybridized carbons (Fsp3) is 0.364. The molecule has 1 N–H and O–H groups in total. The molecule has 30 heavy (non-hydrogen) atoms. The minimum Gasteiger partial charge on any atom is -0.410 e. The molecule has 1 aliphatic carbocycles. The Morgan fingerprint density at radius 3 is 3.03 bits per heavy atom. The monoisotopic (exact) mass is 439 g/mol. The maximum absolute atomic E-state index is 12.6. The Labute approximate surface area is 182 Å². The fourth-order valence-corrected chi connectivity index (χ4v) is 5.77. The van der Waals surface area contributed by atoms with Gasteiger partial charge in [-0.3, -0.25) is 9.59 Å². The van der Waals surface area contributed by atoms with Crippen molar-refractivity contribution < 1.29 is 14.0 Å². The summed E-state index contributed by atoms with van der Waals surface area (Å²) in [7, 11) is 0. The largest absolute Gasteiger partial charge is 0.410 e. The molecule has 1 amide bonds. The van der Waals surface area contributed by atoms with E-state index in [0.29, 0.717) is 16.7 Å². The van der Waals surface area contributed by atoms with E-state index >= 15 is 0 Å². The van der Waals surface area contributed by atoms with Crippen LogP contribution in [0.3, 0.4) is 0 Å². The number of anilines is 1. The van der Waals surface area contributed by atoms with Crippen molar-refractivity contribution in [3.63, 3.8) is 0 Å². The average molecular weight is 440 g/mol. The van der Waals surface area contributed by atoms with Crippen molar-refractivity contribution in [2.24, 2.45) is 5.92 Å². The number of benzene rings is 1. The molecule has 0 spiro atoms. The van der Waals surface area contributed by atoms with Gasteiger partial charge in [0.1, 0.15) is 0 Å². The summed E-state index contributed by atoms with van der Waals surface area (Å²) < 4.78 is 5.81. The summed E-state index contributed by atoms with van der Waals surface area (Å²) in [6.45, 7) is 4.13. The van der Waals surface area contributed by atoms with Gasteiger partial charge in [-0.25, -0.2) is 0 Å². The Morgan fingerprint density at radius 2 is 2.17 bits per heavy atom. The Kier molecular flexibility index (Phi) is 4.99. The van der Waals surface area contributed by atoms with Gasteiger partial charge in [-0.15, -0.1) is 21.5 Å². The molecule has 2 unspecified atom stereocenters. The van der Waals surface area contributed by atoms with E-state index in [1.807, 2.05) is 6.92 Å². The van der Waals surface area contributed by atoms with Gasteiger partial charge in [0.2, 0.25) is 5.91 Å². The zero-order valence-corrected chi connectivity index (χ0v) is 18.4. The molecule has 0 saturated heterocycles. The normalized spacial score (nSPS) is 20.0. The van der Waals surface area contributed by atoms with Crippen LogP contribution in [-0.2, 0) is 17.6 Å². The first kappa shape index (κ1) is 19.5. The number of ketones is 1. The van der Waals surface area contributed by atoms with E-state index in [2.05, 4.69) is 28.5 Å². The van der Waals surface area contributed by atoms with E-state index in [0.717, 1.165) is 34.9 Å². The first-order chi connectivity index (χ1) is 14.5. The zero-order valence-electron chi connectivity index (χ0n) is 16.7. The van der Waals surface area contributed by atoms with E-state index in [-0.39, 0.29) is 23.4 Å². The van der Waals surface area contributed by atoms with Gasteiger partial charge < -0.3 is 9.73 Å². The van der Waals surface area contributed by atoms with E-state index in [1.54, 1.807) is 29.5 Å². The minimum absolute atomic E-state index is 0.0327. The minimum atomic E-state index is -0.237. The number of fused-ring (bicyclic) bond motifs is 2. The molecule has 6 nitrogen and oxygen atoms in total. The number of nitrogens with zero attached hydrogens (tertiary/aromatic N) is 2. The predicted octanol–water partition coefficient (Wildman–Crippen LogP) is 4.95. The smallest absolute Gasteiger partial charge is 0.277 e. The number of Topliss-reactive ketones (excluding diaryl/α,β-unsaturated/α-hetero) is 1. The van der Waals surface area contributed by atoms with Crippen molar-refractivity contribution in [2.45, 2.75) is 44.3 Å². The van der Waals surface area contributed by atoms with Gasteiger partial charge in [0.15, 0.2) is 5.78 Å². The molecule has 0 fully saturated rings. The number of nitrogens with one attached hydrogen (secondary N) is 1. The molecule has 5 rings (SSSR count). The number of thiophene rings is 1. The lowest BCUT2D eigenvalue weighted by Gasteiger charge is -2.16. The van der Waals surface area contributed by atoms with Gasteiger partial charge >= 0.3 is 0 Å². The van der Waals surface area contributed by atoms with Crippen LogP contribution in [0.15, 0.2) is 33.9 Å². The lowest BCUT2D eigenvalue weighted by Crippen LogP contribution is -2.08. The molecule has 2 aromatic heterocycles. The number of amides is 1. The molecular formula is C22H21N3O3S2. The molecule has 3 aromatic rings. The third kappa shape index (κ3) is 3.58. The van der Waals surface area contributed by atoms with Gasteiger partial charge in [0, 0.05) is 16.1 Å². The summed E-state index contributed by atoms with van der Waals surface area (Å²) in [5.74, 6) is 1.14. The number of aromatic nitrogens is 2. The summed E-state index contributed by atoms with van der Waals surface area (Å²) in [4.78, 5) is 26.9. The summed E-state index contributed by atoms with van der Waals surface area (Å²) in [6, 6.07) is 7.51. The maximum atomic E-state index is 12.6. The zero-order chi connectivity index (χ0) is 20.8. The topological polar surface area (TPSA) is 85.1 Å². The molecule has 1 aromatic carbocycles. The average Bonchev–Trinajstić information content (AvgIpc) is 3.43. The van der Waals surface area contributed by atoms with Crippen LogP contribution in [-0.4, -0.2) is 27.6 Å². The number of hydrogen-bond acceptors (Lipinski definition) is 7. The van der Waals surface area contributed by atoms with E-state index < -0.39 is 0 Å². The van der Waals surface area contributed by atoms with Crippen LogP contribution in [0.25, 0.3) is 10.8 Å². The van der Waals surface area contributed by atoms with E-state index in [9.17, 15) is 9.59 Å². The number of carbonyl (C=O) groups is 2. The van der Waals surface area contributed by atoms with Gasteiger partial charge in [0.25, 0.3) is 11.1 Å². The lowest BCUT2D eigenvalue weighted by molar-refractivity contribution is -0.116. The van der Waals surface area contributed by atoms with Gasteiger partial charge in [-0.2, -0.15) is 0 Å². The van der Waals surface area contributed by atoms with Crippen LogP contribution in [0.1, 0.15) is 52.5 Å². The second-order valence-corrected chi connectivity index (χ2v) is 10.1. The highest BCUT2D eigenvalue weighted by molar-refractivity contribution is 7.99. The van der Waals surface area contributed by atoms with E-state index in [1.165, 1.54) is 28.6 Å². The van der Waals surface area contributed by atoms with Gasteiger partial charge in [-0.05, 0) is 67.5 Å². The number of carbonyl (C=O) groups excluding carboxylic acids is 2. The molecule has 2 aliphatic rings. The van der Waals surface area contributed by atoms with Crippen LogP contribution < -0.4 is 5.32 Å². The number of aryl methyl sites for hydroxylation is 1. The van der Waals surface area contributed by atoms with Crippen molar-refractivity contribution >= 4 is 40.5 Å². The quantitative estimate of drug-likeness (QED) is 0.447. The standard InChI is InChI=1S/C22H21N3O3S2/c1-11-3-6-18-14(7-11)9-19(30-18)21-24-25-22(28-21)29-10-17(26)13-4-5-16-15(8-13)12(2)20(27)23-16/h4-5,8-9,11-12H,3,6-7,10H2,1-2H3,(H,23,27).